The molecule has 1 aromatic rings. The first-order valence-corrected chi connectivity index (χ1v) is 7.77. The molecule has 0 saturated heterocycles. The molecule has 0 amide bonds. The minimum atomic E-state index is -0.427. The predicted molar refractivity (Wildman–Crippen MR) is 93.1 cm³/mol. The summed E-state index contributed by atoms with van der Waals surface area (Å²) in [5.74, 6) is 0.292. The van der Waals surface area contributed by atoms with Crippen molar-refractivity contribution in [1.29, 1.82) is 0 Å². The fourth-order valence-electron chi connectivity index (χ4n) is 2.42. The summed E-state index contributed by atoms with van der Waals surface area (Å²) in [4.78, 5) is 12.4. The van der Waals surface area contributed by atoms with Gasteiger partial charge in [0.25, 0.3) is 0 Å². The van der Waals surface area contributed by atoms with Gasteiger partial charge in [-0.05, 0) is 32.1 Å². The van der Waals surface area contributed by atoms with Gasteiger partial charge >= 0.3 is 5.97 Å². The summed E-state index contributed by atoms with van der Waals surface area (Å²) in [6, 6.07) is 7.13. The van der Waals surface area contributed by atoms with Crippen molar-refractivity contribution in [2.45, 2.75) is 19.9 Å². The molecule has 23 heavy (non-hydrogen) atoms. The average molecular weight is 332 g/mol. The predicted octanol–water partition coefficient (Wildman–Crippen LogP) is 2.61. The Morgan fingerprint density at radius 3 is 2.87 bits per heavy atom. The smallest absolute Gasteiger partial charge is 0.338 e. The molecule has 0 aromatic heterocycles. The number of esters is 1. The number of hydrogen-bond acceptors (Lipinski definition) is 4. The molecule has 0 saturated carbocycles. The van der Waals surface area contributed by atoms with Crippen molar-refractivity contribution in [2.75, 3.05) is 13.2 Å². The van der Waals surface area contributed by atoms with Crippen LogP contribution in [0.15, 0.2) is 48.2 Å². The van der Waals surface area contributed by atoms with Crippen molar-refractivity contribution >= 4 is 23.3 Å². The fourth-order valence-corrected chi connectivity index (χ4v) is 2.69. The number of carbonyl (C=O) groups excluding carboxylic acids is 1. The zero-order chi connectivity index (χ0) is 16.8. The molecular weight excluding hydrogens is 312 g/mol. The summed E-state index contributed by atoms with van der Waals surface area (Å²) < 4.78 is 10.9. The van der Waals surface area contributed by atoms with Gasteiger partial charge in [0, 0.05) is 11.3 Å². The van der Waals surface area contributed by atoms with Gasteiger partial charge in [-0.3, -0.25) is 0 Å². The lowest BCUT2D eigenvalue weighted by Gasteiger charge is -2.30. The minimum absolute atomic E-state index is 0.153. The van der Waals surface area contributed by atoms with E-state index in [1.807, 2.05) is 31.2 Å². The molecule has 1 aromatic carbocycles. The number of hydrogen-bond donors (Lipinski definition) is 2. The van der Waals surface area contributed by atoms with Gasteiger partial charge in [-0.2, -0.15) is 0 Å². The minimum Gasteiger partial charge on any atom is -0.494 e. The lowest BCUT2D eigenvalue weighted by atomic mass is 9.95. The molecule has 1 aliphatic rings. The maximum absolute atomic E-state index is 12.4. The topological polar surface area (TPSA) is 59.6 Å². The number of ether oxygens (including phenoxy) is 2. The van der Waals surface area contributed by atoms with Crippen LogP contribution < -0.4 is 15.4 Å². The second kappa shape index (κ2) is 7.78. The lowest BCUT2D eigenvalue weighted by Crippen LogP contribution is -2.45. The van der Waals surface area contributed by atoms with E-state index < -0.39 is 12.0 Å². The Morgan fingerprint density at radius 1 is 1.43 bits per heavy atom. The molecule has 6 heteroatoms. The van der Waals surface area contributed by atoms with Gasteiger partial charge in [0.1, 0.15) is 12.4 Å². The molecule has 122 valence electrons. The van der Waals surface area contributed by atoms with Crippen molar-refractivity contribution in [3.05, 3.63) is 53.8 Å². The Balaban J connectivity index is 2.45. The average Bonchev–Trinajstić information content (AvgIpc) is 2.52. The van der Waals surface area contributed by atoms with E-state index in [0.717, 1.165) is 5.56 Å². The van der Waals surface area contributed by atoms with E-state index in [-0.39, 0.29) is 6.61 Å². The molecule has 2 N–H and O–H groups in total. The normalized spacial score (nSPS) is 17.1. The third-order valence-electron chi connectivity index (χ3n) is 3.35. The first-order chi connectivity index (χ1) is 11.1. The maximum Gasteiger partial charge on any atom is 0.338 e. The van der Waals surface area contributed by atoms with Crippen LogP contribution in [0.2, 0.25) is 0 Å². The molecule has 1 aliphatic heterocycles. The Kier molecular flexibility index (Phi) is 5.76. The van der Waals surface area contributed by atoms with Crippen molar-refractivity contribution in [2.24, 2.45) is 0 Å². The molecule has 0 bridgehead atoms. The Hall–Kier alpha value is -2.34. The van der Waals surface area contributed by atoms with Crippen molar-refractivity contribution < 1.29 is 14.3 Å². The highest BCUT2D eigenvalue weighted by atomic mass is 32.1. The third-order valence-corrected chi connectivity index (χ3v) is 3.57. The second-order valence-electron chi connectivity index (χ2n) is 4.93. The van der Waals surface area contributed by atoms with Crippen LogP contribution in [-0.4, -0.2) is 24.3 Å². The highest BCUT2D eigenvalue weighted by Gasteiger charge is 2.32. The van der Waals surface area contributed by atoms with Crippen LogP contribution in [0.1, 0.15) is 25.5 Å². The molecule has 1 atom stereocenters. The number of allylic oxidation sites excluding steroid dienone is 1. The molecular formula is C17H20N2O3S. The van der Waals surface area contributed by atoms with Gasteiger partial charge in [0.15, 0.2) is 5.11 Å². The van der Waals surface area contributed by atoms with Crippen LogP contribution in [0, 0.1) is 0 Å². The number of carbonyl (C=O) groups is 1. The Labute approximate surface area is 141 Å². The molecule has 0 unspecified atom stereocenters. The monoisotopic (exact) mass is 332 g/mol. The molecule has 2 rings (SSSR count). The first-order valence-electron chi connectivity index (χ1n) is 7.36. The Morgan fingerprint density at radius 2 is 2.17 bits per heavy atom. The van der Waals surface area contributed by atoms with Crippen molar-refractivity contribution in [3.8, 4) is 5.75 Å². The van der Waals surface area contributed by atoms with Crippen LogP contribution in [0.3, 0.4) is 0 Å². The van der Waals surface area contributed by atoms with E-state index >= 15 is 0 Å². The molecule has 0 aliphatic carbocycles. The van der Waals surface area contributed by atoms with E-state index in [9.17, 15) is 4.79 Å². The second-order valence-corrected chi connectivity index (χ2v) is 5.34. The van der Waals surface area contributed by atoms with E-state index in [0.29, 0.717) is 28.7 Å². The number of rotatable bonds is 6. The molecule has 0 spiro atoms. The number of benzene rings is 1. The third kappa shape index (κ3) is 3.90. The molecule has 0 fully saturated rings. The van der Waals surface area contributed by atoms with Gasteiger partial charge in [0.05, 0.1) is 18.2 Å². The van der Waals surface area contributed by atoms with E-state index in [2.05, 4.69) is 17.2 Å². The number of para-hydroxylation sites is 1. The molecule has 1 heterocycles. The standard InChI is InChI=1S/C17H20N2O3S/c1-4-10-22-16(20)14-11(3)18-17(23)19-15(14)12-8-6-7-9-13(12)21-5-2/h4,6-9,15H,1,5,10H2,2-3H3,(H2,18,19,23)/t15-/m0/s1. The zero-order valence-electron chi connectivity index (χ0n) is 13.2. The molecule has 0 radical (unpaired) electrons. The largest absolute Gasteiger partial charge is 0.494 e. The number of thiocarbonyl (C=S) groups is 1. The summed E-state index contributed by atoms with van der Waals surface area (Å²) in [5.41, 5.74) is 1.98. The van der Waals surface area contributed by atoms with Crippen LogP contribution in [0.4, 0.5) is 0 Å². The van der Waals surface area contributed by atoms with Crippen LogP contribution in [0.5, 0.6) is 5.75 Å². The van der Waals surface area contributed by atoms with E-state index in [1.54, 1.807) is 6.92 Å². The van der Waals surface area contributed by atoms with Gasteiger partial charge in [-0.1, -0.05) is 30.9 Å². The van der Waals surface area contributed by atoms with Crippen molar-refractivity contribution in [3.63, 3.8) is 0 Å². The SMILES string of the molecule is C=CCOC(=O)C1=C(C)NC(=S)N[C@H]1c1ccccc1OCC. The first kappa shape index (κ1) is 17.0. The fraction of sp³-hybridized carbons (Fsp3) is 0.294. The van der Waals surface area contributed by atoms with Gasteiger partial charge in [-0.25, -0.2) is 4.79 Å². The Bertz CT molecular complexity index is 655. The lowest BCUT2D eigenvalue weighted by molar-refractivity contribution is -0.138. The van der Waals surface area contributed by atoms with Crippen LogP contribution >= 0.6 is 12.2 Å². The van der Waals surface area contributed by atoms with Crippen LogP contribution in [0.25, 0.3) is 0 Å². The quantitative estimate of drug-likeness (QED) is 0.474. The number of nitrogens with one attached hydrogen (secondary N) is 2. The van der Waals surface area contributed by atoms with E-state index in [1.165, 1.54) is 6.08 Å². The van der Waals surface area contributed by atoms with Gasteiger partial charge in [0.2, 0.25) is 0 Å². The van der Waals surface area contributed by atoms with Gasteiger partial charge < -0.3 is 20.1 Å². The van der Waals surface area contributed by atoms with Gasteiger partial charge in [-0.15, -0.1) is 0 Å². The zero-order valence-corrected chi connectivity index (χ0v) is 14.0. The maximum atomic E-state index is 12.4. The van der Waals surface area contributed by atoms with Crippen LogP contribution in [-0.2, 0) is 9.53 Å². The summed E-state index contributed by atoms with van der Waals surface area (Å²) in [7, 11) is 0. The summed E-state index contributed by atoms with van der Waals surface area (Å²) in [5, 5.41) is 6.55. The summed E-state index contributed by atoms with van der Waals surface area (Å²) in [6.07, 6.45) is 1.53. The molecule has 5 nitrogen and oxygen atoms in total. The highest BCUT2D eigenvalue weighted by Crippen LogP contribution is 2.33. The van der Waals surface area contributed by atoms with E-state index in [4.69, 9.17) is 21.7 Å². The highest BCUT2D eigenvalue weighted by molar-refractivity contribution is 7.80. The summed E-state index contributed by atoms with van der Waals surface area (Å²) in [6.45, 7) is 7.96. The summed E-state index contributed by atoms with van der Waals surface area (Å²) >= 11 is 5.23. The van der Waals surface area contributed by atoms with Crippen molar-refractivity contribution in [1.82, 2.24) is 10.6 Å².